The van der Waals surface area contributed by atoms with Gasteiger partial charge in [-0.3, -0.25) is 5.32 Å². The molecule has 1 aliphatic rings. The Morgan fingerprint density at radius 2 is 1.96 bits per heavy atom. The maximum atomic E-state index is 12.2. The number of halogens is 1. The first-order valence-electron chi connectivity index (χ1n) is 8.86. The quantitative estimate of drug-likeness (QED) is 0.669. The number of aliphatic hydroxyl groups is 1. The monoisotopic (exact) mass is 443 g/mol. The summed E-state index contributed by atoms with van der Waals surface area (Å²) < 4.78 is 23.8. The lowest BCUT2D eigenvalue weighted by Crippen LogP contribution is -2.40. The molecule has 152 valence electrons. The number of sulfone groups is 1. The number of rotatable bonds is 4. The van der Waals surface area contributed by atoms with Gasteiger partial charge in [-0.15, -0.1) is 0 Å². The van der Waals surface area contributed by atoms with Crippen molar-refractivity contribution in [2.45, 2.75) is 49.6 Å². The maximum Gasteiger partial charge on any atom is 0.321 e. The average molecular weight is 444 g/mol. The van der Waals surface area contributed by atoms with E-state index >= 15 is 0 Å². The highest BCUT2D eigenvalue weighted by atomic mass is 35.5. The molecule has 10 heteroatoms. The van der Waals surface area contributed by atoms with Crippen molar-refractivity contribution >= 4 is 43.9 Å². The minimum atomic E-state index is -3.45. The Balaban J connectivity index is 1.74. The van der Waals surface area contributed by atoms with Crippen molar-refractivity contribution < 1.29 is 18.3 Å². The molecule has 0 bridgehead atoms. The minimum absolute atomic E-state index is 0.0394. The molecule has 0 aliphatic heterocycles. The molecule has 0 saturated heterocycles. The second-order valence-corrected chi connectivity index (χ2v) is 10.3. The van der Waals surface area contributed by atoms with Crippen molar-refractivity contribution in [3.8, 4) is 10.4 Å². The molecule has 1 aliphatic carbocycles. The Kier molecular flexibility index (Phi) is 6.28. The molecule has 1 fully saturated rings. The zero-order valence-electron chi connectivity index (χ0n) is 15.5. The van der Waals surface area contributed by atoms with E-state index in [-0.39, 0.29) is 28.1 Å². The molecule has 7 nitrogen and oxygen atoms in total. The number of amides is 2. The highest BCUT2D eigenvalue weighted by Crippen LogP contribution is 2.35. The summed E-state index contributed by atoms with van der Waals surface area (Å²) in [4.78, 5) is 17.4. The number of hydrogen-bond donors (Lipinski definition) is 3. The highest BCUT2D eigenvalue weighted by molar-refractivity contribution is 7.90. The number of aliphatic hydroxyl groups excluding tert-OH is 1. The summed E-state index contributed by atoms with van der Waals surface area (Å²) in [5.74, 6) is 0. The van der Waals surface area contributed by atoms with Crippen molar-refractivity contribution in [3.05, 3.63) is 28.9 Å². The summed E-state index contributed by atoms with van der Waals surface area (Å²) in [5, 5.41) is 15.8. The summed E-state index contributed by atoms with van der Waals surface area (Å²) in [7, 11) is -3.45. The van der Waals surface area contributed by atoms with Gasteiger partial charge in [0.2, 0.25) is 0 Å². The summed E-state index contributed by atoms with van der Waals surface area (Å²) >= 11 is 7.28. The molecule has 0 spiro atoms. The van der Waals surface area contributed by atoms with Gasteiger partial charge in [-0.25, -0.2) is 18.2 Å². The summed E-state index contributed by atoms with van der Waals surface area (Å²) in [6, 6.07) is 4.50. The number of benzene rings is 1. The van der Waals surface area contributed by atoms with Gasteiger partial charge in [0.15, 0.2) is 15.0 Å². The zero-order valence-corrected chi connectivity index (χ0v) is 17.9. The molecule has 1 heterocycles. The molecular weight excluding hydrogens is 422 g/mol. The van der Waals surface area contributed by atoms with E-state index < -0.39 is 9.84 Å². The zero-order chi connectivity index (χ0) is 20.5. The van der Waals surface area contributed by atoms with Crippen molar-refractivity contribution in [2.24, 2.45) is 0 Å². The Bertz CT molecular complexity index is 983. The average Bonchev–Trinajstić information content (AvgIpc) is 2.96. The van der Waals surface area contributed by atoms with Crippen LogP contribution in [0.5, 0.6) is 0 Å². The summed E-state index contributed by atoms with van der Waals surface area (Å²) in [6.07, 6.45) is 3.70. The molecule has 3 rings (SSSR count). The molecular formula is C18H22ClN3O4S2. The van der Waals surface area contributed by atoms with Crippen LogP contribution in [0.3, 0.4) is 0 Å². The third-order valence-corrected chi connectivity index (χ3v) is 7.34. The van der Waals surface area contributed by atoms with Crippen LogP contribution in [0.4, 0.5) is 9.93 Å². The van der Waals surface area contributed by atoms with Crippen LogP contribution in [-0.4, -0.2) is 42.9 Å². The third-order valence-electron chi connectivity index (χ3n) is 4.64. The van der Waals surface area contributed by atoms with Gasteiger partial charge in [-0.2, -0.15) is 0 Å². The van der Waals surface area contributed by atoms with Crippen LogP contribution < -0.4 is 10.6 Å². The molecule has 2 aromatic rings. The first kappa shape index (κ1) is 21.0. The van der Waals surface area contributed by atoms with Gasteiger partial charge in [0, 0.05) is 12.3 Å². The van der Waals surface area contributed by atoms with Gasteiger partial charge in [0.1, 0.15) is 0 Å². The molecule has 1 aromatic carbocycles. The number of nitrogens with one attached hydrogen (secondary N) is 2. The van der Waals surface area contributed by atoms with E-state index in [1.54, 1.807) is 19.1 Å². The highest BCUT2D eigenvalue weighted by Gasteiger charge is 2.22. The number of thiazole rings is 1. The number of carbonyl (C=O) groups excluding carboxylic acids is 1. The van der Waals surface area contributed by atoms with Gasteiger partial charge >= 0.3 is 6.03 Å². The van der Waals surface area contributed by atoms with Crippen molar-refractivity contribution in [1.29, 1.82) is 0 Å². The lowest BCUT2D eigenvalue weighted by atomic mass is 9.93. The number of hydrogen-bond acceptors (Lipinski definition) is 6. The number of nitrogens with zero attached hydrogens (tertiary/aromatic N) is 1. The lowest BCUT2D eigenvalue weighted by molar-refractivity contribution is 0.118. The number of carbonyl (C=O) groups is 1. The number of urea groups is 1. The topological polar surface area (TPSA) is 108 Å². The second-order valence-electron chi connectivity index (χ2n) is 6.95. The van der Waals surface area contributed by atoms with E-state index in [2.05, 4.69) is 15.6 Å². The third kappa shape index (κ3) is 5.02. The molecule has 0 radical (unpaired) electrons. The molecule has 1 aromatic heterocycles. The summed E-state index contributed by atoms with van der Waals surface area (Å²) in [5.41, 5.74) is 1.36. The van der Waals surface area contributed by atoms with Crippen LogP contribution in [0, 0.1) is 6.92 Å². The first-order valence-corrected chi connectivity index (χ1v) is 11.9. The first-order chi connectivity index (χ1) is 13.1. The van der Waals surface area contributed by atoms with Crippen LogP contribution in [0.25, 0.3) is 10.4 Å². The van der Waals surface area contributed by atoms with Crippen molar-refractivity contribution in [1.82, 2.24) is 10.3 Å². The van der Waals surface area contributed by atoms with E-state index in [4.69, 9.17) is 11.6 Å². The Labute approximate surface area is 173 Å². The maximum absolute atomic E-state index is 12.2. The Morgan fingerprint density at radius 1 is 1.29 bits per heavy atom. The van der Waals surface area contributed by atoms with Crippen LogP contribution in [-0.2, 0) is 9.84 Å². The van der Waals surface area contributed by atoms with E-state index in [1.165, 1.54) is 17.4 Å². The fourth-order valence-electron chi connectivity index (χ4n) is 3.19. The molecule has 0 atom stereocenters. The second kappa shape index (κ2) is 8.36. The fraction of sp³-hybridized carbons (Fsp3) is 0.444. The van der Waals surface area contributed by atoms with Crippen molar-refractivity contribution in [3.63, 3.8) is 0 Å². The van der Waals surface area contributed by atoms with Gasteiger partial charge < -0.3 is 10.4 Å². The van der Waals surface area contributed by atoms with Crippen LogP contribution in [0.1, 0.15) is 31.4 Å². The largest absolute Gasteiger partial charge is 0.393 e. The minimum Gasteiger partial charge on any atom is -0.393 e. The lowest BCUT2D eigenvalue weighted by Gasteiger charge is -2.25. The van der Waals surface area contributed by atoms with E-state index in [9.17, 15) is 18.3 Å². The fourth-order valence-corrected chi connectivity index (χ4v) is 5.44. The van der Waals surface area contributed by atoms with Crippen LogP contribution in [0.15, 0.2) is 23.1 Å². The van der Waals surface area contributed by atoms with Gasteiger partial charge in [-0.1, -0.05) is 29.0 Å². The van der Waals surface area contributed by atoms with Gasteiger partial charge in [0.05, 0.1) is 26.6 Å². The van der Waals surface area contributed by atoms with E-state index in [1.807, 2.05) is 0 Å². The molecule has 1 saturated carbocycles. The molecule has 0 unspecified atom stereocenters. The smallest absolute Gasteiger partial charge is 0.321 e. The number of aromatic nitrogens is 1. The standard InChI is InChI=1S/C18H22ClN3O4S2/c1-10-16(11-3-8-14(19)15(9-11)28(2,25)26)27-18(20-10)22-17(24)21-12-4-6-13(23)7-5-12/h3,8-9,12-13,23H,4-7H2,1-2H3,(H2,20,21,22,24). The number of aryl methyl sites for hydroxylation is 1. The summed E-state index contributed by atoms with van der Waals surface area (Å²) in [6.45, 7) is 1.80. The van der Waals surface area contributed by atoms with Gasteiger partial charge in [0.25, 0.3) is 0 Å². The molecule has 3 N–H and O–H groups in total. The predicted octanol–water partition coefficient (Wildman–Crippen LogP) is 3.60. The predicted molar refractivity (Wildman–Crippen MR) is 111 cm³/mol. The van der Waals surface area contributed by atoms with Crippen LogP contribution in [0.2, 0.25) is 5.02 Å². The van der Waals surface area contributed by atoms with E-state index in [0.717, 1.165) is 24.0 Å². The SMILES string of the molecule is Cc1nc(NC(=O)NC2CCC(O)CC2)sc1-c1ccc(Cl)c(S(C)(=O)=O)c1. The normalized spacial score (nSPS) is 20.0. The number of anilines is 1. The van der Waals surface area contributed by atoms with E-state index in [0.29, 0.717) is 29.2 Å². The Morgan fingerprint density at radius 3 is 2.61 bits per heavy atom. The van der Waals surface area contributed by atoms with Crippen LogP contribution >= 0.6 is 22.9 Å². The molecule has 2 amide bonds. The molecule has 28 heavy (non-hydrogen) atoms. The Hall–Kier alpha value is -1.68. The van der Waals surface area contributed by atoms with Gasteiger partial charge in [-0.05, 0) is 50.3 Å². The van der Waals surface area contributed by atoms with Crippen molar-refractivity contribution in [2.75, 3.05) is 11.6 Å².